The number of allylic oxidation sites excluding steroid dienone is 4. The Hall–Kier alpha value is -0.820. The molecule has 0 aromatic carbocycles. The summed E-state index contributed by atoms with van der Waals surface area (Å²) in [6.45, 7) is 0.917. The fourth-order valence-electron chi connectivity index (χ4n) is 2.94. The lowest BCUT2D eigenvalue weighted by molar-refractivity contribution is -0.0677. The van der Waals surface area contributed by atoms with E-state index in [-0.39, 0.29) is 0 Å². The van der Waals surface area contributed by atoms with Gasteiger partial charge in [-0.3, -0.25) is 0 Å². The summed E-state index contributed by atoms with van der Waals surface area (Å²) in [7, 11) is 0. The van der Waals surface area contributed by atoms with Crippen LogP contribution in [0.15, 0.2) is 36.5 Å². The molecule has 0 spiro atoms. The monoisotopic (exact) mass is 188 g/mol. The first-order valence-corrected chi connectivity index (χ1v) is 5.57. The van der Waals surface area contributed by atoms with Gasteiger partial charge in [-0.2, -0.15) is 0 Å². The minimum Gasteiger partial charge on any atom is -0.377 e. The van der Waals surface area contributed by atoms with E-state index in [9.17, 15) is 0 Å². The summed E-state index contributed by atoms with van der Waals surface area (Å²) in [6, 6.07) is 0. The Morgan fingerprint density at radius 3 is 2.86 bits per heavy atom. The molecule has 1 saturated heterocycles. The average molecular weight is 188 g/mol. The predicted molar refractivity (Wildman–Crippen MR) is 56.9 cm³/mol. The predicted octanol–water partition coefficient (Wildman–Crippen LogP) is 2.71. The van der Waals surface area contributed by atoms with Crippen molar-refractivity contribution in [3.63, 3.8) is 0 Å². The topological polar surface area (TPSA) is 9.23 Å². The van der Waals surface area contributed by atoms with Gasteiger partial charge in [-0.25, -0.2) is 0 Å². The molecule has 4 atom stereocenters. The Balaban J connectivity index is 1.86. The molecule has 14 heavy (non-hydrogen) atoms. The van der Waals surface area contributed by atoms with Crippen LogP contribution in [0.5, 0.6) is 0 Å². The quantitative estimate of drug-likeness (QED) is 0.531. The average Bonchev–Trinajstić information content (AvgIpc) is 2.29. The maximum atomic E-state index is 5.91. The molecular weight excluding hydrogens is 172 g/mol. The number of ether oxygens (including phenoxy) is 1. The highest BCUT2D eigenvalue weighted by molar-refractivity contribution is 5.18. The van der Waals surface area contributed by atoms with E-state index in [1.807, 2.05) is 0 Å². The highest BCUT2D eigenvalue weighted by atomic mass is 16.5. The van der Waals surface area contributed by atoms with Crippen molar-refractivity contribution in [3.8, 4) is 0 Å². The standard InChI is InChI=1S/C13H16O/c1-2-6-11-10(5-1)9-14-13-8-4-3-7-12(11)13/h1-6,10-13H,7-9H2. The zero-order valence-corrected chi connectivity index (χ0v) is 8.30. The van der Waals surface area contributed by atoms with Crippen LogP contribution in [0.2, 0.25) is 0 Å². The van der Waals surface area contributed by atoms with Crippen LogP contribution in [0, 0.1) is 17.8 Å². The molecular formula is C13H16O. The van der Waals surface area contributed by atoms with Gasteiger partial charge < -0.3 is 4.74 Å². The van der Waals surface area contributed by atoms with E-state index in [1.54, 1.807) is 0 Å². The van der Waals surface area contributed by atoms with Gasteiger partial charge in [0.25, 0.3) is 0 Å². The fraction of sp³-hybridized carbons (Fsp3) is 0.538. The Bertz CT molecular complexity index is 300. The minimum absolute atomic E-state index is 0.484. The van der Waals surface area contributed by atoms with Crippen LogP contribution in [0.4, 0.5) is 0 Å². The second-order valence-corrected chi connectivity index (χ2v) is 4.49. The van der Waals surface area contributed by atoms with Crippen molar-refractivity contribution in [2.75, 3.05) is 6.61 Å². The van der Waals surface area contributed by atoms with E-state index in [1.165, 1.54) is 6.42 Å². The summed E-state index contributed by atoms with van der Waals surface area (Å²) < 4.78 is 5.91. The molecule has 0 saturated carbocycles. The first-order valence-electron chi connectivity index (χ1n) is 5.57. The summed E-state index contributed by atoms with van der Waals surface area (Å²) in [6.07, 6.45) is 16.4. The molecule has 0 aromatic heterocycles. The van der Waals surface area contributed by atoms with Crippen molar-refractivity contribution in [2.24, 2.45) is 17.8 Å². The largest absolute Gasteiger partial charge is 0.377 e. The second-order valence-electron chi connectivity index (χ2n) is 4.49. The van der Waals surface area contributed by atoms with Gasteiger partial charge in [-0.1, -0.05) is 36.5 Å². The molecule has 3 rings (SSSR count). The minimum atomic E-state index is 0.484. The Labute approximate surface area is 85.1 Å². The van der Waals surface area contributed by atoms with E-state index < -0.39 is 0 Å². The van der Waals surface area contributed by atoms with Gasteiger partial charge >= 0.3 is 0 Å². The van der Waals surface area contributed by atoms with Crippen LogP contribution in [-0.2, 0) is 4.74 Å². The third-order valence-electron chi connectivity index (χ3n) is 3.72. The number of hydrogen-bond acceptors (Lipinski definition) is 1. The van der Waals surface area contributed by atoms with Crippen LogP contribution >= 0.6 is 0 Å². The summed E-state index contributed by atoms with van der Waals surface area (Å²) in [5.41, 5.74) is 0. The first-order chi connectivity index (χ1) is 6.95. The number of hydrogen-bond donors (Lipinski definition) is 0. The molecule has 1 nitrogen and oxygen atoms in total. The van der Waals surface area contributed by atoms with Gasteiger partial charge in [-0.05, 0) is 24.7 Å². The van der Waals surface area contributed by atoms with Crippen molar-refractivity contribution < 1.29 is 4.74 Å². The lowest BCUT2D eigenvalue weighted by Gasteiger charge is -2.42. The van der Waals surface area contributed by atoms with Crippen molar-refractivity contribution >= 4 is 0 Å². The molecule has 1 heteroatoms. The summed E-state index contributed by atoms with van der Waals surface area (Å²) >= 11 is 0. The van der Waals surface area contributed by atoms with Crippen LogP contribution in [0.1, 0.15) is 12.8 Å². The second kappa shape index (κ2) is 3.39. The zero-order valence-electron chi connectivity index (χ0n) is 8.30. The van der Waals surface area contributed by atoms with Crippen LogP contribution in [0.25, 0.3) is 0 Å². The molecule has 0 N–H and O–H groups in total. The van der Waals surface area contributed by atoms with Crippen molar-refractivity contribution in [3.05, 3.63) is 36.5 Å². The molecule has 1 heterocycles. The first kappa shape index (κ1) is 8.49. The van der Waals surface area contributed by atoms with Crippen LogP contribution in [-0.4, -0.2) is 12.7 Å². The Morgan fingerprint density at radius 1 is 1.00 bits per heavy atom. The molecule has 1 aliphatic heterocycles. The molecule has 0 radical (unpaired) electrons. The van der Waals surface area contributed by atoms with Crippen LogP contribution in [0.3, 0.4) is 0 Å². The van der Waals surface area contributed by atoms with E-state index >= 15 is 0 Å². The van der Waals surface area contributed by atoms with Gasteiger partial charge in [0.1, 0.15) is 0 Å². The SMILES string of the molecule is C1=CC2COC3CC=CCC3C2C=C1. The zero-order chi connectivity index (χ0) is 9.38. The molecule has 1 fully saturated rings. The molecule has 0 aromatic rings. The maximum Gasteiger partial charge on any atom is 0.0646 e. The van der Waals surface area contributed by atoms with Gasteiger partial charge in [0.05, 0.1) is 12.7 Å². The van der Waals surface area contributed by atoms with E-state index in [2.05, 4.69) is 36.5 Å². The van der Waals surface area contributed by atoms with Gasteiger partial charge in [0, 0.05) is 5.92 Å². The normalized spacial score (nSPS) is 44.6. The van der Waals surface area contributed by atoms with Gasteiger partial charge in [0.15, 0.2) is 0 Å². The summed E-state index contributed by atoms with van der Waals surface area (Å²) in [4.78, 5) is 0. The van der Waals surface area contributed by atoms with Crippen LogP contribution < -0.4 is 0 Å². The van der Waals surface area contributed by atoms with E-state index in [0.29, 0.717) is 12.0 Å². The van der Waals surface area contributed by atoms with Gasteiger partial charge in [0.2, 0.25) is 0 Å². The lowest BCUT2D eigenvalue weighted by atomic mass is 9.71. The summed E-state index contributed by atoms with van der Waals surface area (Å²) in [5, 5.41) is 0. The van der Waals surface area contributed by atoms with E-state index in [0.717, 1.165) is 24.9 Å². The number of fused-ring (bicyclic) bond motifs is 3. The number of rotatable bonds is 0. The third-order valence-corrected chi connectivity index (χ3v) is 3.72. The smallest absolute Gasteiger partial charge is 0.0646 e. The molecule has 0 amide bonds. The molecule has 2 aliphatic carbocycles. The van der Waals surface area contributed by atoms with Gasteiger partial charge in [-0.15, -0.1) is 0 Å². The van der Waals surface area contributed by atoms with Crippen molar-refractivity contribution in [1.29, 1.82) is 0 Å². The lowest BCUT2D eigenvalue weighted by Crippen LogP contribution is -2.42. The molecule has 74 valence electrons. The fourth-order valence-corrected chi connectivity index (χ4v) is 2.94. The Kier molecular flexibility index (Phi) is 2.06. The maximum absolute atomic E-state index is 5.91. The van der Waals surface area contributed by atoms with Crippen molar-refractivity contribution in [2.45, 2.75) is 18.9 Å². The summed E-state index contributed by atoms with van der Waals surface area (Å²) in [5.74, 6) is 2.08. The Morgan fingerprint density at radius 2 is 1.86 bits per heavy atom. The molecule has 3 aliphatic rings. The third kappa shape index (κ3) is 1.27. The highest BCUT2D eigenvalue weighted by Crippen LogP contribution is 2.40. The van der Waals surface area contributed by atoms with Crippen molar-refractivity contribution in [1.82, 2.24) is 0 Å². The molecule has 4 unspecified atom stereocenters. The van der Waals surface area contributed by atoms with E-state index in [4.69, 9.17) is 4.74 Å². The molecule has 0 bridgehead atoms. The highest BCUT2D eigenvalue weighted by Gasteiger charge is 2.38.